The van der Waals surface area contributed by atoms with Gasteiger partial charge in [0.05, 0.1) is 20.3 Å². The van der Waals surface area contributed by atoms with Gasteiger partial charge < -0.3 is 8.83 Å². The highest BCUT2D eigenvalue weighted by Gasteiger charge is 2.25. The SMILES string of the molecule is Ic1c(-c2ccccc2)nc(-c2ccc3c(c2)oc2cccc(-c4ccccc4)c23)nc1-n1c2ccccc2c2ccc3c(oc4cccc(-c5ccccc5)c43)c21. The maximum absolute atomic E-state index is 6.93. The maximum atomic E-state index is 6.93. The average Bonchev–Trinajstić information content (AvgIpc) is 3.97. The van der Waals surface area contributed by atoms with Crippen LogP contribution in [-0.2, 0) is 0 Å². The van der Waals surface area contributed by atoms with Gasteiger partial charge in [-0.05, 0) is 81.2 Å². The lowest BCUT2D eigenvalue weighted by Gasteiger charge is -2.15. The first-order valence-corrected chi connectivity index (χ1v) is 20.3. The first-order chi connectivity index (χ1) is 28.7. The Balaban J connectivity index is 1.14. The highest BCUT2D eigenvalue weighted by Crippen LogP contribution is 2.44. The number of hydrogen-bond acceptors (Lipinski definition) is 4. The van der Waals surface area contributed by atoms with Crippen LogP contribution in [-0.4, -0.2) is 14.5 Å². The number of furan rings is 2. The molecule has 0 amide bonds. The summed E-state index contributed by atoms with van der Waals surface area (Å²) in [5, 5.41) is 6.53. The highest BCUT2D eigenvalue weighted by atomic mass is 127. The molecule has 0 aliphatic carbocycles. The summed E-state index contributed by atoms with van der Waals surface area (Å²) in [5.74, 6) is 1.39. The van der Waals surface area contributed by atoms with Crippen molar-refractivity contribution in [3.63, 3.8) is 0 Å². The molecule has 0 aliphatic heterocycles. The Hall–Kier alpha value is -7.03. The molecule has 5 nitrogen and oxygen atoms in total. The van der Waals surface area contributed by atoms with Crippen molar-refractivity contribution in [1.29, 1.82) is 0 Å². The molecule has 8 aromatic carbocycles. The van der Waals surface area contributed by atoms with Crippen molar-refractivity contribution in [2.75, 3.05) is 0 Å². The fourth-order valence-electron chi connectivity index (χ4n) is 8.73. The summed E-state index contributed by atoms with van der Waals surface area (Å²) in [7, 11) is 0. The number of hydrogen-bond donors (Lipinski definition) is 0. The highest BCUT2D eigenvalue weighted by molar-refractivity contribution is 14.1. The van der Waals surface area contributed by atoms with Crippen molar-refractivity contribution in [3.05, 3.63) is 186 Å². The minimum Gasteiger partial charge on any atom is -0.456 e. The van der Waals surface area contributed by atoms with Gasteiger partial charge in [-0.1, -0.05) is 146 Å². The quantitative estimate of drug-likeness (QED) is 0.162. The van der Waals surface area contributed by atoms with Gasteiger partial charge in [-0.15, -0.1) is 0 Å². The summed E-state index contributed by atoms with van der Waals surface area (Å²) in [6, 6.07) is 63.3. The summed E-state index contributed by atoms with van der Waals surface area (Å²) in [5.41, 5.74) is 12.6. The Morgan fingerprint density at radius 1 is 0.431 bits per heavy atom. The number of halogens is 1. The standard InChI is InChI=1S/C52H30IN3O2/c53-47-48(33-18-8-3-9-19-33)54-51(34-26-27-39-44(30-34)57-42-24-12-21-35(45(39)42)31-14-4-1-5-15-31)55-52(47)56-41-23-11-10-20-37(41)38-28-29-40-46-36(32-16-6-2-7-17-32)22-13-25-43(46)58-50(40)49(38)56/h1-30H. The summed E-state index contributed by atoms with van der Waals surface area (Å²) in [6.07, 6.45) is 0. The van der Waals surface area contributed by atoms with Gasteiger partial charge >= 0.3 is 0 Å². The second kappa shape index (κ2) is 13.0. The molecule has 272 valence electrons. The van der Waals surface area contributed by atoms with Crippen molar-refractivity contribution in [1.82, 2.24) is 14.5 Å². The van der Waals surface area contributed by atoms with Gasteiger partial charge in [-0.3, -0.25) is 4.57 Å². The van der Waals surface area contributed by atoms with E-state index in [2.05, 4.69) is 191 Å². The smallest absolute Gasteiger partial charge is 0.162 e. The number of benzene rings is 8. The predicted octanol–water partition coefficient (Wildman–Crippen LogP) is 14.6. The fraction of sp³-hybridized carbons (Fsp3) is 0. The molecule has 0 saturated carbocycles. The molecular formula is C52H30IN3O2. The van der Waals surface area contributed by atoms with Crippen LogP contribution in [0.4, 0.5) is 0 Å². The van der Waals surface area contributed by atoms with Crippen LogP contribution in [0.1, 0.15) is 0 Å². The van der Waals surface area contributed by atoms with Crippen molar-refractivity contribution in [2.45, 2.75) is 0 Å². The minimum absolute atomic E-state index is 0.606. The van der Waals surface area contributed by atoms with Gasteiger partial charge in [-0.2, -0.15) is 0 Å². The Bertz CT molecular complexity index is 3570. The average molecular weight is 856 g/mol. The first kappa shape index (κ1) is 33.1. The van der Waals surface area contributed by atoms with Crippen LogP contribution in [0.3, 0.4) is 0 Å². The molecule has 0 aliphatic rings. The van der Waals surface area contributed by atoms with Crippen LogP contribution in [0, 0.1) is 3.57 Å². The third-order valence-corrected chi connectivity index (χ3v) is 12.3. The molecule has 4 aromatic heterocycles. The largest absolute Gasteiger partial charge is 0.456 e. The van der Waals surface area contributed by atoms with Crippen LogP contribution in [0.15, 0.2) is 191 Å². The molecule has 6 heteroatoms. The lowest BCUT2D eigenvalue weighted by Crippen LogP contribution is -2.06. The summed E-state index contributed by atoms with van der Waals surface area (Å²) in [4.78, 5) is 10.8. The molecule has 0 spiro atoms. The molecule has 0 N–H and O–H groups in total. The van der Waals surface area contributed by atoms with Gasteiger partial charge in [0.2, 0.25) is 0 Å². The molecule has 0 radical (unpaired) electrons. The Labute approximate surface area is 346 Å². The zero-order valence-electron chi connectivity index (χ0n) is 30.9. The second-order valence-electron chi connectivity index (χ2n) is 14.6. The zero-order chi connectivity index (χ0) is 38.3. The molecule has 58 heavy (non-hydrogen) atoms. The maximum Gasteiger partial charge on any atom is 0.162 e. The van der Waals surface area contributed by atoms with Crippen molar-refractivity contribution in [3.8, 4) is 50.7 Å². The first-order valence-electron chi connectivity index (χ1n) is 19.3. The van der Waals surface area contributed by atoms with Gasteiger partial charge in [0.25, 0.3) is 0 Å². The normalized spacial score (nSPS) is 11.9. The van der Waals surface area contributed by atoms with E-state index in [-0.39, 0.29) is 0 Å². The Morgan fingerprint density at radius 3 is 1.72 bits per heavy atom. The summed E-state index contributed by atoms with van der Waals surface area (Å²) >= 11 is 2.44. The number of para-hydroxylation sites is 1. The van der Waals surface area contributed by atoms with E-state index < -0.39 is 0 Å². The van der Waals surface area contributed by atoms with E-state index in [1.54, 1.807) is 0 Å². The van der Waals surface area contributed by atoms with Crippen LogP contribution in [0.25, 0.3) is 116 Å². The van der Waals surface area contributed by atoms with Crippen LogP contribution < -0.4 is 0 Å². The molecule has 0 fully saturated rings. The van der Waals surface area contributed by atoms with E-state index in [9.17, 15) is 0 Å². The van der Waals surface area contributed by atoms with E-state index in [1.165, 1.54) is 0 Å². The molecule has 12 rings (SSSR count). The van der Waals surface area contributed by atoms with E-state index in [1.807, 2.05) is 18.2 Å². The molecular weight excluding hydrogens is 825 g/mol. The van der Waals surface area contributed by atoms with Gasteiger partial charge in [0, 0.05) is 43.4 Å². The summed E-state index contributed by atoms with van der Waals surface area (Å²) < 4.78 is 16.7. The molecule has 0 saturated heterocycles. The van der Waals surface area contributed by atoms with Gasteiger partial charge in [0.15, 0.2) is 17.2 Å². The van der Waals surface area contributed by atoms with Crippen LogP contribution in [0.2, 0.25) is 0 Å². The lowest BCUT2D eigenvalue weighted by molar-refractivity contribution is 0.669. The monoisotopic (exact) mass is 855 g/mol. The van der Waals surface area contributed by atoms with Gasteiger partial charge in [-0.25, -0.2) is 9.97 Å². The lowest BCUT2D eigenvalue weighted by atomic mass is 9.99. The molecule has 4 heterocycles. The molecule has 0 bridgehead atoms. The third-order valence-electron chi connectivity index (χ3n) is 11.3. The number of rotatable bonds is 5. The van der Waals surface area contributed by atoms with Crippen molar-refractivity contribution >= 4 is 88.3 Å². The van der Waals surface area contributed by atoms with E-state index in [4.69, 9.17) is 18.8 Å². The third kappa shape index (κ3) is 5.01. The summed E-state index contributed by atoms with van der Waals surface area (Å²) in [6.45, 7) is 0. The second-order valence-corrected chi connectivity index (χ2v) is 15.7. The Kier molecular flexibility index (Phi) is 7.43. The van der Waals surface area contributed by atoms with Crippen molar-refractivity contribution in [2.24, 2.45) is 0 Å². The van der Waals surface area contributed by atoms with Crippen LogP contribution >= 0.6 is 22.6 Å². The molecule has 12 aromatic rings. The number of fused-ring (bicyclic) bond motifs is 10. The number of nitrogens with zero attached hydrogens (tertiary/aromatic N) is 3. The molecule has 0 atom stereocenters. The van der Waals surface area contributed by atoms with Crippen molar-refractivity contribution < 1.29 is 8.83 Å². The van der Waals surface area contributed by atoms with Gasteiger partial charge in [0.1, 0.15) is 16.7 Å². The Morgan fingerprint density at radius 2 is 1.02 bits per heavy atom. The van der Waals surface area contributed by atoms with E-state index >= 15 is 0 Å². The fourth-order valence-corrected chi connectivity index (χ4v) is 9.53. The number of aromatic nitrogens is 3. The topological polar surface area (TPSA) is 57.0 Å². The van der Waals surface area contributed by atoms with E-state index in [0.29, 0.717) is 5.82 Å². The van der Waals surface area contributed by atoms with Crippen LogP contribution in [0.5, 0.6) is 0 Å². The van der Waals surface area contributed by atoms with E-state index in [0.717, 1.165) is 114 Å². The zero-order valence-corrected chi connectivity index (χ0v) is 33.0. The minimum atomic E-state index is 0.606. The predicted molar refractivity (Wildman–Crippen MR) is 245 cm³/mol. The molecule has 0 unspecified atom stereocenters.